The maximum atomic E-state index is 13.6. The summed E-state index contributed by atoms with van der Waals surface area (Å²) < 4.78 is 5.58. The second-order valence-electron chi connectivity index (χ2n) is 8.12. The van der Waals surface area contributed by atoms with Crippen molar-refractivity contribution in [2.45, 2.75) is 50.0 Å². The highest BCUT2D eigenvalue weighted by Gasteiger charge is 2.44. The Labute approximate surface area is 161 Å². The molecular weight excluding hydrogens is 348 g/mol. The third-order valence-corrected chi connectivity index (χ3v) is 6.54. The number of hydrogen-bond donors (Lipinski definition) is 1. The van der Waals surface area contributed by atoms with Crippen molar-refractivity contribution in [1.82, 2.24) is 10.2 Å². The van der Waals surface area contributed by atoms with Crippen LogP contribution in [0.4, 0.5) is 0 Å². The van der Waals surface area contributed by atoms with E-state index in [0.717, 1.165) is 56.8 Å². The molecule has 1 saturated carbocycles. The first-order chi connectivity index (χ1) is 12.7. The molecule has 142 valence electrons. The van der Waals surface area contributed by atoms with Gasteiger partial charge in [-0.1, -0.05) is 23.7 Å². The minimum atomic E-state index is -0.475. The number of carbonyl (C=O) groups is 1. The summed E-state index contributed by atoms with van der Waals surface area (Å²) in [5.74, 6) is 1.17. The zero-order valence-corrected chi connectivity index (χ0v) is 16.1. The van der Waals surface area contributed by atoms with Gasteiger partial charge < -0.3 is 15.0 Å². The average Bonchev–Trinajstić information content (AvgIpc) is 3.51. The van der Waals surface area contributed by atoms with Crippen LogP contribution in [0, 0.1) is 5.92 Å². The lowest BCUT2D eigenvalue weighted by atomic mass is 9.72. The summed E-state index contributed by atoms with van der Waals surface area (Å²) in [4.78, 5) is 15.7. The summed E-state index contributed by atoms with van der Waals surface area (Å²) in [5.41, 5.74) is 0.574. The van der Waals surface area contributed by atoms with Crippen LogP contribution in [0.1, 0.15) is 44.1 Å². The van der Waals surface area contributed by atoms with Gasteiger partial charge in [-0.05, 0) is 68.7 Å². The molecule has 0 atom stereocenters. The highest BCUT2D eigenvalue weighted by atomic mass is 35.5. The fraction of sp³-hybridized carbons (Fsp3) is 0.667. The second kappa shape index (κ2) is 7.87. The first kappa shape index (κ1) is 18.3. The van der Waals surface area contributed by atoms with Crippen LogP contribution in [0.5, 0.6) is 0 Å². The van der Waals surface area contributed by atoms with Crippen LogP contribution in [0.25, 0.3) is 0 Å². The Balaban J connectivity index is 1.45. The van der Waals surface area contributed by atoms with Crippen molar-refractivity contribution in [2.24, 2.45) is 5.92 Å². The lowest BCUT2D eigenvalue weighted by molar-refractivity contribution is -0.142. The first-order valence-electron chi connectivity index (χ1n) is 10.0. The minimum Gasteiger partial charge on any atom is -0.381 e. The van der Waals surface area contributed by atoms with Crippen LogP contribution in [0.15, 0.2) is 24.3 Å². The summed E-state index contributed by atoms with van der Waals surface area (Å²) in [5, 5.41) is 4.39. The molecule has 1 amide bonds. The normalized spacial score (nSPS) is 23.8. The smallest absolute Gasteiger partial charge is 0.233 e. The molecule has 1 aliphatic carbocycles. The van der Waals surface area contributed by atoms with Gasteiger partial charge in [0.2, 0.25) is 5.91 Å². The highest BCUT2D eigenvalue weighted by molar-refractivity contribution is 6.30. The molecule has 2 aliphatic heterocycles. The lowest BCUT2D eigenvalue weighted by Crippen LogP contribution is -2.53. The summed E-state index contributed by atoms with van der Waals surface area (Å²) in [6.45, 7) is 4.13. The first-order valence-corrected chi connectivity index (χ1v) is 10.4. The van der Waals surface area contributed by atoms with Gasteiger partial charge in [0.1, 0.15) is 0 Å². The van der Waals surface area contributed by atoms with Crippen LogP contribution < -0.4 is 5.32 Å². The Morgan fingerprint density at radius 3 is 2.58 bits per heavy atom. The molecule has 4 nitrogen and oxygen atoms in total. The molecule has 0 aromatic heterocycles. The number of piperidine rings is 1. The number of benzene rings is 1. The minimum absolute atomic E-state index is 0.267. The van der Waals surface area contributed by atoms with Crippen molar-refractivity contribution < 1.29 is 9.53 Å². The molecule has 1 aromatic rings. The number of nitrogens with zero attached hydrogens (tertiary/aromatic N) is 1. The lowest BCUT2D eigenvalue weighted by Gasteiger charge is -2.42. The van der Waals surface area contributed by atoms with Gasteiger partial charge in [-0.2, -0.15) is 0 Å². The van der Waals surface area contributed by atoms with E-state index in [1.54, 1.807) is 0 Å². The van der Waals surface area contributed by atoms with E-state index in [1.807, 2.05) is 18.2 Å². The number of nitrogens with one attached hydrogen (secondary N) is 1. The van der Waals surface area contributed by atoms with Gasteiger partial charge in [0.15, 0.2) is 0 Å². The topological polar surface area (TPSA) is 41.6 Å². The summed E-state index contributed by atoms with van der Waals surface area (Å²) in [6.07, 6.45) is 6.36. The molecule has 3 fully saturated rings. The monoisotopic (exact) mass is 376 g/mol. The van der Waals surface area contributed by atoms with Crippen molar-refractivity contribution in [1.29, 1.82) is 0 Å². The van der Waals surface area contributed by atoms with Gasteiger partial charge >= 0.3 is 0 Å². The third kappa shape index (κ3) is 3.92. The van der Waals surface area contributed by atoms with E-state index in [4.69, 9.17) is 16.3 Å². The zero-order chi connectivity index (χ0) is 18.0. The SMILES string of the molecule is O=C(N1CCC(NCC2CC2)CC1)C1(c2cccc(Cl)c2)CCOCC1. The second-order valence-corrected chi connectivity index (χ2v) is 8.56. The fourth-order valence-electron chi connectivity index (χ4n) is 4.38. The van der Waals surface area contributed by atoms with Gasteiger partial charge in [0, 0.05) is 37.4 Å². The Hall–Kier alpha value is -1.10. The number of hydrogen-bond acceptors (Lipinski definition) is 3. The molecule has 1 aromatic carbocycles. The molecule has 4 rings (SSSR count). The number of amides is 1. The molecule has 2 saturated heterocycles. The van der Waals surface area contributed by atoms with Crippen molar-refractivity contribution in [3.05, 3.63) is 34.9 Å². The van der Waals surface area contributed by atoms with Crippen LogP contribution in [-0.2, 0) is 14.9 Å². The maximum Gasteiger partial charge on any atom is 0.233 e. The van der Waals surface area contributed by atoms with E-state index < -0.39 is 5.41 Å². The number of carbonyl (C=O) groups excluding carboxylic acids is 1. The Kier molecular flexibility index (Phi) is 5.53. The van der Waals surface area contributed by atoms with Gasteiger partial charge in [0.25, 0.3) is 0 Å². The van der Waals surface area contributed by atoms with Crippen molar-refractivity contribution >= 4 is 17.5 Å². The fourth-order valence-corrected chi connectivity index (χ4v) is 4.57. The van der Waals surface area contributed by atoms with Crippen LogP contribution in [-0.4, -0.2) is 49.7 Å². The maximum absolute atomic E-state index is 13.6. The van der Waals surface area contributed by atoms with E-state index in [0.29, 0.717) is 24.3 Å². The average molecular weight is 377 g/mol. The molecule has 0 radical (unpaired) electrons. The Morgan fingerprint density at radius 1 is 1.19 bits per heavy atom. The van der Waals surface area contributed by atoms with Crippen molar-refractivity contribution in [3.63, 3.8) is 0 Å². The van der Waals surface area contributed by atoms with Crippen molar-refractivity contribution in [2.75, 3.05) is 32.8 Å². The predicted molar refractivity (Wildman–Crippen MR) is 104 cm³/mol. The molecule has 0 bridgehead atoms. The standard InChI is InChI=1S/C21H29ClN2O2/c22-18-3-1-2-17(14-18)21(8-12-26-13-9-21)20(25)24-10-6-19(7-11-24)23-15-16-4-5-16/h1-3,14,16,19,23H,4-13,15H2. The van der Waals surface area contributed by atoms with Crippen LogP contribution in [0.2, 0.25) is 5.02 Å². The van der Waals surface area contributed by atoms with Crippen LogP contribution in [0.3, 0.4) is 0 Å². The summed E-state index contributed by atoms with van der Waals surface area (Å²) in [6, 6.07) is 8.42. The number of rotatable bonds is 5. The van der Waals surface area contributed by atoms with E-state index in [1.165, 1.54) is 12.8 Å². The van der Waals surface area contributed by atoms with Gasteiger partial charge in [0.05, 0.1) is 5.41 Å². The third-order valence-electron chi connectivity index (χ3n) is 6.31. The highest BCUT2D eigenvalue weighted by Crippen LogP contribution is 2.38. The zero-order valence-electron chi connectivity index (χ0n) is 15.4. The Morgan fingerprint density at radius 2 is 1.92 bits per heavy atom. The molecule has 0 spiro atoms. The van der Waals surface area contributed by atoms with E-state index in [9.17, 15) is 4.79 Å². The van der Waals surface area contributed by atoms with Gasteiger partial charge in [-0.3, -0.25) is 4.79 Å². The Bertz CT molecular complexity index is 633. The molecule has 2 heterocycles. The molecule has 1 N–H and O–H groups in total. The van der Waals surface area contributed by atoms with Crippen LogP contribution >= 0.6 is 11.6 Å². The molecular formula is C21H29ClN2O2. The van der Waals surface area contributed by atoms with Gasteiger partial charge in [-0.25, -0.2) is 0 Å². The number of ether oxygens (including phenoxy) is 1. The molecule has 0 unspecified atom stereocenters. The largest absolute Gasteiger partial charge is 0.381 e. The van der Waals surface area contributed by atoms with Crippen molar-refractivity contribution in [3.8, 4) is 0 Å². The van der Waals surface area contributed by atoms with E-state index >= 15 is 0 Å². The molecule has 5 heteroatoms. The molecule has 26 heavy (non-hydrogen) atoms. The summed E-state index contributed by atoms with van der Waals surface area (Å²) in [7, 11) is 0. The van der Waals surface area contributed by atoms with Gasteiger partial charge in [-0.15, -0.1) is 0 Å². The molecule has 3 aliphatic rings. The van der Waals surface area contributed by atoms with E-state index in [2.05, 4.69) is 16.3 Å². The quantitative estimate of drug-likeness (QED) is 0.856. The van der Waals surface area contributed by atoms with E-state index in [-0.39, 0.29) is 5.91 Å². The number of halogens is 1. The summed E-state index contributed by atoms with van der Waals surface area (Å²) >= 11 is 6.24. The predicted octanol–water partition coefficient (Wildman–Crippen LogP) is 3.38. The number of likely N-dealkylation sites (tertiary alicyclic amines) is 1.